The van der Waals surface area contributed by atoms with E-state index in [0.29, 0.717) is 35.6 Å². The van der Waals surface area contributed by atoms with Crippen LogP contribution in [-0.2, 0) is 13.0 Å². The maximum absolute atomic E-state index is 12.9. The Labute approximate surface area is 162 Å². The van der Waals surface area contributed by atoms with E-state index in [1.54, 1.807) is 30.9 Å². The monoisotopic (exact) mass is 376 g/mol. The number of ether oxygens (including phenoxy) is 1. The second kappa shape index (κ2) is 8.04. The van der Waals surface area contributed by atoms with Crippen LogP contribution < -0.4 is 10.1 Å². The summed E-state index contributed by atoms with van der Waals surface area (Å²) in [6, 6.07) is 5.42. The third-order valence-electron chi connectivity index (χ3n) is 4.74. The minimum absolute atomic E-state index is 0.0132. The first-order valence-electron chi connectivity index (χ1n) is 9.23. The number of carbonyl (C=O) groups excluding carboxylic acids is 2. The summed E-state index contributed by atoms with van der Waals surface area (Å²) < 4.78 is 5.84. The molecule has 3 aromatic heterocycles. The van der Waals surface area contributed by atoms with Gasteiger partial charge in [0, 0.05) is 43.0 Å². The van der Waals surface area contributed by atoms with Crippen LogP contribution in [0.5, 0.6) is 5.75 Å². The van der Waals surface area contributed by atoms with Gasteiger partial charge in [-0.1, -0.05) is 0 Å². The predicted octanol–water partition coefficient (Wildman–Crippen LogP) is 3.55. The number of ketones is 1. The summed E-state index contributed by atoms with van der Waals surface area (Å²) in [5.74, 6) is 0.168. The SMILES string of the molecule is O=C(Nc1cnccc1OCc1ccncc1)c1c[nH]c2c1C(=O)CCCC2. The van der Waals surface area contributed by atoms with Crippen molar-refractivity contribution in [2.24, 2.45) is 0 Å². The molecule has 0 saturated carbocycles. The number of aromatic nitrogens is 3. The highest BCUT2D eigenvalue weighted by molar-refractivity contribution is 6.13. The van der Waals surface area contributed by atoms with Gasteiger partial charge in [0.15, 0.2) is 5.78 Å². The van der Waals surface area contributed by atoms with Crippen LogP contribution >= 0.6 is 0 Å². The molecule has 0 fully saturated rings. The lowest BCUT2D eigenvalue weighted by Gasteiger charge is -2.12. The number of Topliss-reactive ketones (excluding diaryl/α,β-unsaturated/α-hetero) is 1. The fourth-order valence-electron chi connectivity index (χ4n) is 3.30. The highest BCUT2D eigenvalue weighted by Gasteiger charge is 2.25. The fraction of sp³-hybridized carbons (Fsp3) is 0.238. The molecule has 1 aliphatic rings. The van der Waals surface area contributed by atoms with Gasteiger partial charge in [-0.3, -0.25) is 19.6 Å². The van der Waals surface area contributed by atoms with E-state index in [4.69, 9.17) is 4.74 Å². The first kappa shape index (κ1) is 17.9. The first-order valence-corrected chi connectivity index (χ1v) is 9.23. The molecule has 0 aliphatic heterocycles. The topological polar surface area (TPSA) is 97.0 Å². The lowest BCUT2D eigenvalue weighted by atomic mass is 10.0. The Morgan fingerprint density at radius 3 is 2.75 bits per heavy atom. The van der Waals surface area contributed by atoms with Crippen molar-refractivity contribution >= 4 is 17.4 Å². The molecule has 0 radical (unpaired) electrons. The zero-order valence-electron chi connectivity index (χ0n) is 15.3. The van der Waals surface area contributed by atoms with Gasteiger partial charge in [0.05, 0.1) is 17.3 Å². The Balaban J connectivity index is 1.53. The number of anilines is 1. The Hall–Kier alpha value is -3.48. The number of carbonyl (C=O) groups is 2. The summed E-state index contributed by atoms with van der Waals surface area (Å²) >= 11 is 0. The molecule has 7 heteroatoms. The highest BCUT2D eigenvalue weighted by Crippen LogP contribution is 2.27. The van der Waals surface area contributed by atoms with Gasteiger partial charge in [-0.25, -0.2) is 0 Å². The maximum Gasteiger partial charge on any atom is 0.258 e. The minimum Gasteiger partial charge on any atom is -0.487 e. The van der Waals surface area contributed by atoms with E-state index in [0.717, 1.165) is 30.5 Å². The molecule has 1 amide bonds. The number of hydrogen-bond acceptors (Lipinski definition) is 5. The van der Waals surface area contributed by atoms with Crippen molar-refractivity contribution in [1.29, 1.82) is 0 Å². The van der Waals surface area contributed by atoms with Crippen molar-refractivity contribution in [3.63, 3.8) is 0 Å². The summed E-state index contributed by atoms with van der Waals surface area (Å²) in [4.78, 5) is 36.4. The summed E-state index contributed by atoms with van der Waals surface area (Å²) in [6.45, 7) is 0.341. The zero-order valence-corrected chi connectivity index (χ0v) is 15.3. The fourth-order valence-corrected chi connectivity index (χ4v) is 3.30. The number of rotatable bonds is 5. The number of aryl methyl sites for hydroxylation is 1. The summed E-state index contributed by atoms with van der Waals surface area (Å²) in [5, 5.41) is 2.83. The highest BCUT2D eigenvalue weighted by atomic mass is 16.5. The average molecular weight is 376 g/mol. The first-order chi connectivity index (χ1) is 13.7. The zero-order chi connectivity index (χ0) is 19.3. The molecule has 0 spiro atoms. The molecule has 0 atom stereocenters. The number of aromatic amines is 1. The molecule has 0 unspecified atom stereocenters. The molecule has 4 rings (SSSR count). The lowest BCUT2D eigenvalue weighted by molar-refractivity contribution is 0.0965. The molecule has 1 aliphatic carbocycles. The van der Waals surface area contributed by atoms with E-state index in [2.05, 4.69) is 20.3 Å². The van der Waals surface area contributed by atoms with Crippen LogP contribution in [0.1, 0.15) is 51.2 Å². The van der Waals surface area contributed by atoms with E-state index >= 15 is 0 Å². The normalized spacial score (nSPS) is 13.5. The van der Waals surface area contributed by atoms with Gasteiger partial charge in [0.25, 0.3) is 5.91 Å². The standard InChI is InChI=1S/C21H20N4O3/c26-18-4-2-1-3-16-20(18)15(11-24-16)21(27)25-17-12-23-10-7-19(17)28-13-14-5-8-22-9-6-14/h5-12,24H,1-4,13H2,(H,25,27). The van der Waals surface area contributed by atoms with Gasteiger partial charge < -0.3 is 15.0 Å². The molecule has 0 saturated heterocycles. The molecule has 3 heterocycles. The number of fused-ring (bicyclic) bond motifs is 1. The molecule has 2 N–H and O–H groups in total. The van der Waals surface area contributed by atoms with Crippen molar-refractivity contribution < 1.29 is 14.3 Å². The number of nitrogens with zero attached hydrogens (tertiary/aromatic N) is 2. The van der Waals surface area contributed by atoms with Crippen molar-refractivity contribution in [2.45, 2.75) is 32.3 Å². The predicted molar refractivity (Wildman–Crippen MR) is 103 cm³/mol. The van der Waals surface area contributed by atoms with Crippen LogP contribution in [0.2, 0.25) is 0 Å². The number of H-pyrrole nitrogens is 1. The average Bonchev–Trinajstić information content (AvgIpc) is 3.07. The van der Waals surface area contributed by atoms with E-state index < -0.39 is 0 Å². The molecule has 142 valence electrons. The summed E-state index contributed by atoms with van der Waals surface area (Å²) in [5.41, 5.74) is 3.14. The van der Waals surface area contributed by atoms with Crippen LogP contribution in [0.3, 0.4) is 0 Å². The Kier molecular flexibility index (Phi) is 5.14. The van der Waals surface area contributed by atoms with Crippen molar-refractivity contribution in [3.05, 3.63) is 71.6 Å². The van der Waals surface area contributed by atoms with Gasteiger partial charge in [-0.2, -0.15) is 0 Å². The van der Waals surface area contributed by atoms with Crippen LogP contribution in [0, 0.1) is 0 Å². The van der Waals surface area contributed by atoms with Crippen LogP contribution in [0.25, 0.3) is 0 Å². The van der Waals surface area contributed by atoms with E-state index in [1.165, 1.54) is 6.20 Å². The molecule has 0 aromatic carbocycles. The third-order valence-corrected chi connectivity index (χ3v) is 4.74. The van der Waals surface area contributed by atoms with Crippen LogP contribution in [0.15, 0.2) is 49.2 Å². The minimum atomic E-state index is -0.352. The van der Waals surface area contributed by atoms with Crippen LogP contribution in [-0.4, -0.2) is 26.6 Å². The second-order valence-corrected chi connectivity index (χ2v) is 6.66. The molecule has 0 bridgehead atoms. The Morgan fingerprint density at radius 2 is 1.89 bits per heavy atom. The number of amides is 1. The molecule has 7 nitrogen and oxygen atoms in total. The number of pyridine rings is 2. The summed E-state index contributed by atoms with van der Waals surface area (Å²) in [6.07, 6.45) is 11.2. The Morgan fingerprint density at radius 1 is 1.11 bits per heavy atom. The number of hydrogen-bond donors (Lipinski definition) is 2. The van der Waals surface area contributed by atoms with E-state index in [1.807, 2.05) is 12.1 Å². The van der Waals surface area contributed by atoms with E-state index in [-0.39, 0.29) is 11.7 Å². The summed E-state index contributed by atoms with van der Waals surface area (Å²) in [7, 11) is 0. The van der Waals surface area contributed by atoms with E-state index in [9.17, 15) is 9.59 Å². The van der Waals surface area contributed by atoms with Gasteiger partial charge in [0.1, 0.15) is 18.0 Å². The van der Waals surface area contributed by atoms with Crippen molar-refractivity contribution in [2.75, 3.05) is 5.32 Å². The number of nitrogens with one attached hydrogen (secondary N) is 2. The smallest absolute Gasteiger partial charge is 0.258 e. The molecule has 28 heavy (non-hydrogen) atoms. The Bertz CT molecular complexity index is 998. The molecular weight excluding hydrogens is 356 g/mol. The molecule has 3 aromatic rings. The third kappa shape index (κ3) is 3.78. The lowest BCUT2D eigenvalue weighted by Crippen LogP contribution is -2.16. The maximum atomic E-state index is 12.9. The largest absolute Gasteiger partial charge is 0.487 e. The van der Waals surface area contributed by atoms with Gasteiger partial charge in [-0.05, 0) is 37.0 Å². The van der Waals surface area contributed by atoms with Gasteiger partial charge in [-0.15, -0.1) is 0 Å². The van der Waals surface area contributed by atoms with Crippen molar-refractivity contribution in [3.8, 4) is 5.75 Å². The van der Waals surface area contributed by atoms with Gasteiger partial charge in [0.2, 0.25) is 0 Å². The quantitative estimate of drug-likeness (QED) is 0.664. The van der Waals surface area contributed by atoms with Crippen molar-refractivity contribution in [1.82, 2.24) is 15.0 Å². The van der Waals surface area contributed by atoms with Crippen LogP contribution in [0.4, 0.5) is 5.69 Å². The molecular formula is C21H20N4O3. The van der Waals surface area contributed by atoms with Gasteiger partial charge >= 0.3 is 0 Å². The second-order valence-electron chi connectivity index (χ2n) is 6.66.